The molecule has 0 N–H and O–H groups in total. The molecule has 1 fully saturated rings. The lowest BCUT2D eigenvalue weighted by atomic mass is 9.76. The topological polar surface area (TPSA) is 75.7 Å². The van der Waals surface area contributed by atoms with Gasteiger partial charge in [0.05, 0.1) is 22.1 Å². The summed E-state index contributed by atoms with van der Waals surface area (Å²) < 4.78 is 12.0. The van der Waals surface area contributed by atoms with E-state index in [1.807, 2.05) is 27.7 Å². The van der Waals surface area contributed by atoms with Crippen LogP contribution in [0.1, 0.15) is 33.3 Å². The van der Waals surface area contributed by atoms with Crippen molar-refractivity contribution < 1.29 is 9.31 Å². The van der Waals surface area contributed by atoms with Crippen LogP contribution in [0.25, 0.3) is 9.69 Å². The van der Waals surface area contributed by atoms with E-state index in [2.05, 4.69) is 25.7 Å². The van der Waals surface area contributed by atoms with Crippen molar-refractivity contribution in [3.63, 3.8) is 0 Å². The Hall–Kier alpha value is -2.99. The molecule has 8 heteroatoms. The van der Waals surface area contributed by atoms with E-state index < -0.39 is 18.3 Å². The Labute approximate surface area is 145 Å². The largest absolute Gasteiger partial charge is 0.564 e. The van der Waals surface area contributed by atoms with Crippen molar-refractivity contribution in [1.29, 1.82) is 5.26 Å². The van der Waals surface area contributed by atoms with Crippen LogP contribution in [0.15, 0.2) is 33.8 Å². The van der Waals surface area contributed by atoms with Crippen molar-refractivity contribution in [2.24, 2.45) is 9.98 Å². The van der Waals surface area contributed by atoms with E-state index >= 15 is 0 Å². The molecule has 0 spiro atoms. The summed E-state index contributed by atoms with van der Waals surface area (Å²) in [6.07, 6.45) is 0. The van der Waals surface area contributed by atoms with Crippen LogP contribution in [-0.4, -0.2) is 18.3 Å². The number of benzene rings is 1. The van der Waals surface area contributed by atoms with Gasteiger partial charge in [-0.2, -0.15) is 15.0 Å². The first-order chi connectivity index (χ1) is 11.7. The lowest BCUT2D eigenvalue weighted by molar-refractivity contribution is 0.00578. The highest BCUT2D eigenvalue weighted by molar-refractivity contribution is 6.62. The van der Waals surface area contributed by atoms with Crippen LogP contribution in [-0.2, 0) is 9.31 Å². The van der Waals surface area contributed by atoms with Crippen molar-refractivity contribution >= 4 is 12.6 Å². The van der Waals surface area contributed by atoms with Crippen LogP contribution in [0, 0.1) is 24.5 Å². The first-order valence-corrected chi connectivity index (χ1v) is 7.59. The third kappa shape index (κ3) is 2.51. The summed E-state index contributed by atoms with van der Waals surface area (Å²) in [6.45, 7) is 21.8. The molecule has 0 bridgehead atoms. The summed E-state index contributed by atoms with van der Waals surface area (Å²) >= 11 is 0. The Bertz CT molecular complexity index is 1020. The van der Waals surface area contributed by atoms with Gasteiger partial charge in [-0.15, -0.1) is 0 Å². The fourth-order valence-electron chi connectivity index (χ4n) is 2.55. The molecule has 0 aliphatic carbocycles. The van der Waals surface area contributed by atoms with Crippen LogP contribution in [0.3, 0.4) is 0 Å². The highest BCUT2D eigenvalue weighted by Crippen LogP contribution is 2.36. The first kappa shape index (κ1) is 16.9. The molecule has 2 heterocycles. The van der Waals surface area contributed by atoms with Crippen LogP contribution in [0.5, 0.6) is 0 Å². The van der Waals surface area contributed by atoms with Crippen LogP contribution in [0.4, 0.5) is 0 Å². The van der Waals surface area contributed by atoms with Crippen LogP contribution < -0.4 is 16.2 Å². The number of rotatable bonds is 1. The van der Waals surface area contributed by atoms with Crippen molar-refractivity contribution in [2.75, 3.05) is 0 Å². The standard InChI is InChI=1S/C17H14BN5O2/c1-16(2)17(3,4)25-18(24-16)11-7-8-12-13(10(11)9-19)23-15(22-12)14(20-5)21-6/h7-8H,1-4H3. The Kier molecular flexibility index (Phi) is 3.73. The van der Waals surface area contributed by atoms with E-state index in [0.717, 1.165) is 0 Å². The number of hydrogen-bond acceptors (Lipinski definition) is 5. The van der Waals surface area contributed by atoms with Gasteiger partial charge < -0.3 is 9.31 Å². The maximum atomic E-state index is 9.64. The van der Waals surface area contributed by atoms with Crippen molar-refractivity contribution in [3.05, 3.63) is 62.9 Å². The molecule has 0 saturated carbocycles. The molecular weight excluding hydrogens is 317 g/mol. The monoisotopic (exact) mass is 331 g/mol. The predicted octanol–water partition coefficient (Wildman–Crippen LogP) is 1.08. The SMILES string of the molecule is [C-]#[N+]C([N+]#[C-])=C1N=c2ccc(B3OC(C)(C)C(C)(C)O3)c(C#N)c2=N1. The maximum absolute atomic E-state index is 9.64. The number of hydrogen-bond donors (Lipinski definition) is 0. The maximum Gasteiger partial charge on any atom is 0.564 e. The van der Waals surface area contributed by atoms with Gasteiger partial charge in [0.25, 0.3) is 0 Å². The highest BCUT2D eigenvalue weighted by atomic mass is 16.7. The second kappa shape index (κ2) is 5.53. The van der Waals surface area contributed by atoms with E-state index in [-0.39, 0.29) is 17.2 Å². The van der Waals surface area contributed by atoms with E-state index in [0.29, 0.717) is 16.2 Å². The second-order valence-corrected chi connectivity index (χ2v) is 6.69. The summed E-state index contributed by atoms with van der Waals surface area (Å²) in [5.41, 5.74) is -0.217. The molecule has 0 atom stereocenters. The van der Waals surface area contributed by atoms with Gasteiger partial charge in [-0.05, 0) is 33.8 Å². The lowest BCUT2D eigenvalue weighted by Gasteiger charge is -2.32. The minimum atomic E-state index is -0.700. The summed E-state index contributed by atoms with van der Waals surface area (Å²) in [7, 11) is -0.700. The van der Waals surface area contributed by atoms with Gasteiger partial charge >= 0.3 is 12.9 Å². The average molecular weight is 331 g/mol. The van der Waals surface area contributed by atoms with Gasteiger partial charge in [-0.25, -0.2) is 9.98 Å². The Balaban J connectivity index is 2.18. The zero-order chi connectivity index (χ0) is 18.4. The van der Waals surface area contributed by atoms with Crippen molar-refractivity contribution in [3.8, 4) is 6.07 Å². The van der Waals surface area contributed by atoms with Gasteiger partial charge in [0.15, 0.2) is 0 Å². The zero-order valence-corrected chi connectivity index (χ0v) is 14.3. The highest BCUT2D eigenvalue weighted by Gasteiger charge is 2.52. The third-order valence-electron chi connectivity index (χ3n) is 4.66. The van der Waals surface area contributed by atoms with Crippen LogP contribution >= 0.6 is 0 Å². The molecule has 0 aromatic heterocycles. The normalized spacial score (nSPS) is 19.1. The minimum Gasteiger partial charge on any atom is -0.399 e. The van der Waals surface area contributed by atoms with E-state index in [1.165, 1.54) is 0 Å². The fraction of sp³-hybridized carbons (Fsp3) is 0.353. The van der Waals surface area contributed by atoms with Gasteiger partial charge in [0, 0.05) is 5.46 Å². The van der Waals surface area contributed by atoms with Gasteiger partial charge in [0.2, 0.25) is 5.82 Å². The molecule has 0 unspecified atom stereocenters. The third-order valence-corrected chi connectivity index (χ3v) is 4.66. The molecular formula is C17H14BN5O2. The van der Waals surface area contributed by atoms with E-state index in [9.17, 15) is 5.26 Å². The van der Waals surface area contributed by atoms with E-state index in [4.69, 9.17) is 22.5 Å². The molecule has 1 aromatic rings. The van der Waals surface area contributed by atoms with Gasteiger partial charge in [-0.1, -0.05) is 6.07 Å². The number of nitriles is 1. The Morgan fingerprint density at radius 1 is 1.12 bits per heavy atom. The molecule has 122 valence electrons. The summed E-state index contributed by atoms with van der Waals surface area (Å²) in [5, 5.41) is 10.4. The Morgan fingerprint density at radius 2 is 1.72 bits per heavy atom. The molecule has 1 aromatic carbocycles. The molecule has 0 amide bonds. The Morgan fingerprint density at radius 3 is 2.24 bits per heavy atom. The minimum absolute atomic E-state index is 0.0302. The van der Waals surface area contributed by atoms with Gasteiger partial charge in [0.1, 0.15) is 24.6 Å². The molecule has 2 aliphatic rings. The van der Waals surface area contributed by atoms with E-state index in [1.54, 1.807) is 12.1 Å². The van der Waals surface area contributed by atoms with Gasteiger partial charge in [-0.3, -0.25) is 0 Å². The fourth-order valence-corrected chi connectivity index (χ4v) is 2.55. The molecule has 3 rings (SSSR count). The number of fused-ring (bicyclic) bond motifs is 1. The first-order valence-electron chi connectivity index (χ1n) is 7.59. The number of nitrogens with zero attached hydrogens (tertiary/aromatic N) is 5. The molecule has 0 radical (unpaired) electrons. The molecule has 7 nitrogen and oxygen atoms in total. The molecule has 2 aliphatic heterocycles. The predicted molar refractivity (Wildman–Crippen MR) is 89.4 cm³/mol. The molecule has 25 heavy (non-hydrogen) atoms. The van der Waals surface area contributed by atoms with Crippen molar-refractivity contribution in [1.82, 2.24) is 0 Å². The smallest absolute Gasteiger partial charge is 0.399 e. The second-order valence-electron chi connectivity index (χ2n) is 6.69. The average Bonchev–Trinajstić information content (AvgIpc) is 3.06. The lowest BCUT2D eigenvalue weighted by Crippen LogP contribution is -2.42. The summed E-state index contributed by atoms with van der Waals surface area (Å²) in [5.74, 6) is -0.195. The quantitative estimate of drug-likeness (QED) is 0.571. The van der Waals surface area contributed by atoms with Crippen LogP contribution in [0.2, 0.25) is 0 Å². The van der Waals surface area contributed by atoms with Crippen molar-refractivity contribution in [2.45, 2.75) is 38.9 Å². The zero-order valence-electron chi connectivity index (χ0n) is 14.3. The molecule has 1 saturated heterocycles. The summed E-state index contributed by atoms with van der Waals surface area (Å²) in [6, 6.07) is 5.54. The summed E-state index contributed by atoms with van der Waals surface area (Å²) in [4.78, 5) is 14.6.